The van der Waals surface area contributed by atoms with Crippen LogP contribution in [0.25, 0.3) is 0 Å². The van der Waals surface area contributed by atoms with Crippen LogP contribution in [0, 0.1) is 0 Å². The third-order valence-electron chi connectivity index (χ3n) is 3.25. The average molecular weight is 279 g/mol. The first kappa shape index (κ1) is 14.8. The maximum absolute atomic E-state index is 11.2. The molecule has 1 fully saturated rings. The van der Waals surface area contributed by atoms with E-state index < -0.39 is 0 Å². The van der Waals surface area contributed by atoms with Gasteiger partial charge in [-0.25, -0.2) is 0 Å². The quantitative estimate of drug-likeness (QED) is 0.730. The Balaban J connectivity index is 1.77. The maximum atomic E-state index is 11.2. The van der Waals surface area contributed by atoms with Gasteiger partial charge in [0.1, 0.15) is 12.4 Å². The van der Waals surface area contributed by atoms with E-state index in [1.165, 1.54) is 7.11 Å². The fourth-order valence-electron chi connectivity index (χ4n) is 2.10. The maximum Gasteiger partial charge on any atom is 0.309 e. The Morgan fingerprint density at radius 3 is 2.90 bits per heavy atom. The van der Waals surface area contributed by atoms with Crippen LogP contribution in [-0.4, -0.2) is 57.4 Å². The first-order valence-corrected chi connectivity index (χ1v) is 6.86. The highest BCUT2D eigenvalue weighted by molar-refractivity contribution is 5.72. The molecule has 0 aromatic heterocycles. The Kier molecular flexibility index (Phi) is 5.83. The molecule has 0 aliphatic carbocycles. The summed E-state index contributed by atoms with van der Waals surface area (Å²) in [5.41, 5.74) is 0.903. The number of ether oxygens (including phenoxy) is 3. The van der Waals surface area contributed by atoms with Gasteiger partial charge in [0.05, 0.1) is 26.7 Å². The molecule has 0 saturated carbocycles. The second-order valence-electron chi connectivity index (χ2n) is 4.70. The minimum absolute atomic E-state index is 0.240. The third-order valence-corrected chi connectivity index (χ3v) is 3.25. The number of carbonyl (C=O) groups excluding carboxylic acids is 1. The van der Waals surface area contributed by atoms with Gasteiger partial charge in [-0.05, 0) is 17.7 Å². The molecule has 0 atom stereocenters. The Bertz CT molecular complexity index is 430. The zero-order chi connectivity index (χ0) is 14.2. The molecule has 1 aromatic carbocycles. The highest BCUT2D eigenvalue weighted by atomic mass is 16.5. The Hall–Kier alpha value is -1.59. The molecular weight excluding hydrogens is 258 g/mol. The number of methoxy groups -OCH3 is 1. The normalized spacial score (nSPS) is 15.8. The molecule has 5 heteroatoms. The van der Waals surface area contributed by atoms with Gasteiger partial charge < -0.3 is 14.2 Å². The van der Waals surface area contributed by atoms with Crippen LogP contribution in [0.15, 0.2) is 24.3 Å². The molecule has 0 unspecified atom stereocenters. The Morgan fingerprint density at radius 1 is 1.35 bits per heavy atom. The van der Waals surface area contributed by atoms with Crippen LogP contribution in [-0.2, 0) is 20.7 Å². The van der Waals surface area contributed by atoms with Crippen molar-refractivity contribution in [2.24, 2.45) is 0 Å². The van der Waals surface area contributed by atoms with Crippen LogP contribution in [0.3, 0.4) is 0 Å². The van der Waals surface area contributed by atoms with Crippen LogP contribution in [0.4, 0.5) is 0 Å². The van der Waals surface area contributed by atoms with Gasteiger partial charge in [0.2, 0.25) is 0 Å². The second kappa shape index (κ2) is 7.87. The van der Waals surface area contributed by atoms with Crippen LogP contribution >= 0.6 is 0 Å². The van der Waals surface area contributed by atoms with E-state index in [9.17, 15) is 4.79 Å². The molecule has 1 saturated heterocycles. The number of nitrogens with zero attached hydrogens (tertiary/aromatic N) is 1. The molecule has 5 nitrogen and oxygen atoms in total. The summed E-state index contributed by atoms with van der Waals surface area (Å²) in [5.74, 6) is 0.551. The van der Waals surface area contributed by atoms with E-state index in [4.69, 9.17) is 9.47 Å². The van der Waals surface area contributed by atoms with Crippen LogP contribution in [0.5, 0.6) is 5.75 Å². The van der Waals surface area contributed by atoms with E-state index in [0.29, 0.717) is 6.61 Å². The largest absolute Gasteiger partial charge is 0.492 e. The van der Waals surface area contributed by atoms with Crippen molar-refractivity contribution >= 4 is 5.97 Å². The molecular formula is C15H21NO4. The van der Waals surface area contributed by atoms with Gasteiger partial charge in [0.15, 0.2) is 0 Å². The molecule has 1 heterocycles. The van der Waals surface area contributed by atoms with Crippen molar-refractivity contribution in [3.05, 3.63) is 29.8 Å². The lowest BCUT2D eigenvalue weighted by Crippen LogP contribution is -2.38. The number of hydrogen-bond acceptors (Lipinski definition) is 5. The second-order valence-corrected chi connectivity index (χ2v) is 4.70. The van der Waals surface area contributed by atoms with Crippen molar-refractivity contribution in [2.45, 2.75) is 6.42 Å². The molecule has 1 aliphatic heterocycles. The predicted molar refractivity (Wildman–Crippen MR) is 74.9 cm³/mol. The molecule has 0 N–H and O–H groups in total. The number of morpholine rings is 1. The Morgan fingerprint density at radius 2 is 2.15 bits per heavy atom. The van der Waals surface area contributed by atoms with Crippen LogP contribution < -0.4 is 4.74 Å². The van der Waals surface area contributed by atoms with Gasteiger partial charge in [-0.1, -0.05) is 12.1 Å². The molecule has 0 bridgehead atoms. The molecule has 20 heavy (non-hydrogen) atoms. The zero-order valence-corrected chi connectivity index (χ0v) is 11.8. The zero-order valence-electron chi connectivity index (χ0n) is 11.8. The first-order valence-electron chi connectivity index (χ1n) is 6.86. The monoisotopic (exact) mass is 279 g/mol. The van der Waals surface area contributed by atoms with Crippen molar-refractivity contribution in [3.8, 4) is 5.75 Å². The molecule has 0 radical (unpaired) electrons. The van der Waals surface area contributed by atoms with Gasteiger partial charge in [0, 0.05) is 19.6 Å². The van der Waals surface area contributed by atoms with Crippen LogP contribution in [0.1, 0.15) is 5.56 Å². The van der Waals surface area contributed by atoms with Crippen molar-refractivity contribution < 1.29 is 19.0 Å². The fraction of sp³-hybridized carbons (Fsp3) is 0.533. The minimum atomic E-state index is -0.240. The summed E-state index contributed by atoms with van der Waals surface area (Å²) in [5, 5.41) is 0. The van der Waals surface area contributed by atoms with E-state index in [1.807, 2.05) is 24.3 Å². The van der Waals surface area contributed by atoms with E-state index in [-0.39, 0.29) is 12.4 Å². The standard InChI is InChI=1S/C15H21NO4/c1-18-15(17)12-13-3-2-4-14(11-13)20-10-7-16-5-8-19-9-6-16/h2-4,11H,5-10,12H2,1H3. The minimum Gasteiger partial charge on any atom is -0.492 e. The van der Waals surface area contributed by atoms with Crippen molar-refractivity contribution in [2.75, 3.05) is 46.6 Å². The smallest absolute Gasteiger partial charge is 0.309 e. The molecule has 0 spiro atoms. The fourth-order valence-corrected chi connectivity index (χ4v) is 2.10. The summed E-state index contributed by atoms with van der Waals surface area (Å²) in [7, 11) is 1.39. The molecule has 0 amide bonds. The number of esters is 1. The van der Waals surface area contributed by atoms with E-state index in [2.05, 4.69) is 9.64 Å². The molecule has 1 aromatic rings. The molecule has 110 valence electrons. The summed E-state index contributed by atoms with van der Waals surface area (Å²) in [6, 6.07) is 7.57. The summed E-state index contributed by atoms with van der Waals surface area (Å²) < 4.78 is 15.7. The van der Waals surface area contributed by atoms with Gasteiger partial charge in [-0.15, -0.1) is 0 Å². The predicted octanol–water partition coefficient (Wildman–Crippen LogP) is 1.11. The summed E-state index contributed by atoms with van der Waals surface area (Å²) in [6.07, 6.45) is 0.275. The summed E-state index contributed by atoms with van der Waals surface area (Å²) in [4.78, 5) is 13.6. The first-order chi connectivity index (χ1) is 9.78. The number of hydrogen-bond donors (Lipinski definition) is 0. The lowest BCUT2D eigenvalue weighted by atomic mass is 10.1. The van der Waals surface area contributed by atoms with Crippen LogP contribution in [0.2, 0.25) is 0 Å². The number of benzene rings is 1. The van der Waals surface area contributed by atoms with E-state index in [1.54, 1.807) is 0 Å². The summed E-state index contributed by atoms with van der Waals surface area (Å²) >= 11 is 0. The lowest BCUT2D eigenvalue weighted by molar-refractivity contribution is -0.139. The topological polar surface area (TPSA) is 48.0 Å². The summed E-state index contributed by atoms with van der Waals surface area (Å²) in [6.45, 7) is 5.06. The van der Waals surface area contributed by atoms with Crippen molar-refractivity contribution in [1.29, 1.82) is 0 Å². The number of rotatable bonds is 6. The molecule has 1 aliphatic rings. The highest BCUT2D eigenvalue weighted by Gasteiger charge is 2.10. The highest BCUT2D eigenvalue weighted by Crippen LogP contribution is 2.14. The Labute approximate surface area is 119 Å². The van der Waals surface area contributed by atoms with E-state index >= 15 is 0 Å². The van der Waals surface area contributed by atoms with E-state index in [0.717, 1.165) is 44.2 Å². The van der Waals surface area contributed by atoms with Gasteiger partial charge >= 0.3 is 5.97 Å². The third kappa shape index (κ3) is 4.83. The number of carbonyl (C=O) groups is 1. The molecule has 2 rings (SSSR count). The average Bonchev–Trinajstić information content (AvgIpc) is 2.48. The van der Waals surface area contributed by atoms with Gasteiger partial charge in [-0.3, -0.25) is 9.69 Å². The SMILES string of the molecule is COC(=O)Cc1cccc(OCCN2CCOCC2)c1. The van der Waals surface area contributed by atoms with Crippen molar-refractivity contribution in [3.63, 3.8) is 0 Å². The lowest BCUT2D eigenvalue weighted by Gasteiger charge is -2.26. The van der Waals surface area contributed by atoms with Gasteiger partial charge in [-0.2, -0.15) is 0 Å². The van der Waals surface area contributed by atoms with Gasteiger partial charge in [0.25, 0.3) is 0 Å². The van der Waals surface area contributed by atoms with Crippen molar-refractivity contribution in [1.82, 2.24) is 4.90 Å².